The number of hydrogen-bond acceptors (Lipinski definition) is 3. The summed E-state index contributed by atoms with van der Waals surface area (Å²) in [5.74, 6) is 1.01. The van der Waals surface area contributed by atoms with Gasteiger partial charge in [0.2, 0.25) is 0 Å². The van der Waals surface area contributed by atoms with Crippen molar-refractivity contribution >= 4 is 0 Å². The molecule has 0 aliphatic carbocycles. The first-order valence-electron chi connectivity index (χ1n) is 6.84. The quantitative estimate of drug-likeness (QED) is 0.832. The molecule has 3 nitrogen and oxygen atoms in total. The zero-order chi connectivity index (χ0) is 13.0. The van der Waals surface area contributed by atoms with Crippen molar-refractivity contribution in [2.45, 2.75) is 32.4 Å². The lowest BCUT2D eigenvalue weighted by atomic mass is 10.0. The predicted molar refractivity (Wildman–Crippen MR) is 75.2 cm³/mol. The van der Waals surface area contributed by atoms with Gasteiger partial charge in [-0.15, -0.1) is 0 Å². The van der Waals surface area contributed by atoms with Crippen molar-refractivity contribution in [2.24, 2.45) is 0 Å². The van der Waals surface area contributed by atoms with Crippen LogP contribution in [0.3, 0.4) is 0 Å². The Morgan fingerprint density at radius 1 is 1.39 bits per heavy atom. The second kappa shape index (κ2) is 6.21. The SMILES string of the molecule is CCN(C(C)Cc1ccccc1OC)C1CNC1. The van der Waals surface area contributed by atoms with Crippen molar-refractivity contribution in [3.63, 3.8) is 0 Å². The number of ether oxygens (including phenoxy) is 1. The van der Waals surface area contributed by atoms with E-state index in [0.29, 0.717) is 12.1 Å². The van der Waals surface area contributed by atoms with Crippen molar-refractivity contribution in [3.8, 4) is 5.75 Å². The van der Waals surface area contributed by atoms with Gasteiger partial charge in [-0.05, 0) is 31.5 Å². The Morgan fingerprint density at radius 3 is 2.67 bits per heavy atom. The first-order valence-corrected chi connectivity index (χ1v) is 6.84. The number of likely N-dealkylation sites (N-methyl/N-ethyl adjacent to an activating group) is 1. The van der Waals surface area contributed by atoms with Crippen molar-refractivity contribution in [2.75, 3.05) is 26.7 Å². The minimum Gasteiger partial charge on any atom is -0.496 e. The van der Waals surface area contributed by atoms with Gasteiger partial charge in [-0.3, -0.25) is 4.90 Å². The molecule has 1 heterocycles. The van der Waals surface area contributed by atoms with Crippen molar-refractivity contribution < 1.29 is 4.74 Å². The average Bonchev–Trinajstić information content (AvgIpc) is 2.34. The van der Waals surface area contributed by atoms with Crippen LogP contribution < -0.4 is 10.1 Å². The molecule has 1 saturated heterocycles. The van der Waals surface area contributed by atoms with E-state index in [0.717, 1.165) is 31.8 Å². The Morgan fingerprint density at radius 2 is 2.11 bits per heavy atom. The predicted octanol–water partition coefficient (Wildman–Crippen LogP) is 1.92. The molecule has 0 bridgehead atoms. The van der Waals surface area contributed by atoms with Gasteiger partial charge in [0.15, 0.2) is 0 Å². The molecule has 0 amide bonds. The summed E-state index contributed by atoms with van der Waals surface area (Å²) in [6.45, 7) is 7.93. The van der Waals surface area contributed by atoms with Crippen LogP contribution in [0, 0.1) is 0 Å². The lowest BCUT2D eigenvalue weighted by Gasteiger charge is -2.41. The summed E-state index contributed by atoms with van der Waals surface area (Å²) < 4.78 is 5.43. The minimum absolute atomic E-state index is 0.554. The molecular formula is C15H24N2O. The third-order valence-electron chi connectivity index (χ3n) is 3.87. The Bertz CT molecular complexity index is 377. The molecular weight excluding hydrogens is 224 g/mol. The van der Waals surface area contributed by atoms with Crippen LogP contribution in [0.25, 0.3) is 0 Å². The van der Waals surface area contributed by atoms with Crippen LogP contribution in [-0.2, 0) is 6.42 Å². The zero-order valence-corrected chi connectivity index (χ0v) is 11.6. The van der Waals surface area contributed by atoms with E-state index in [1.807, 2.05) is 12.1 Å². The Balaban J connectivity index is 2.02. The monoisotopic (exact) mass is 248 g/mol. The second-order valence-electron chi connectivity index (χ2n) is 5.01. The van der Waals surface area contributed by atoms with E-state index in [2.05, 4.69) is 36.2 Å². The Hall–Kier alpha value is -1.06. The Labute approximate surface area is 110 Å². The van der Waals surface area contributed by atoms with Crippen molar-refractivity contribution in [3.05, 3.63) is 29.8 Å². The van der Waals surface area contributed by atoms with E-state index in [1.54, 1.807) is 7.11 Å². The lowest BCUT2D eigenvalue weighted by molar-refractivity contribution is 0.109. The molecule has 18 heavy (non-hydrogen) atoms. The van der Waals surface area contributed by atoms with Gasteiger partial charge >= 0.3 is 0 Å². The van der Waals surface area contributed by atoms with E-state index >= 15 is 0 Å². The zero-order valence-electron chi connectivity index (χ0n) is 11.6. The third-order valence-corrected chi connectivity index (χ3v) is 3.87. The van der Waals surface area contributed by atoms with E-state index in [9.17, 15) is 0 Å². The molecule has 0 aromatic heterocycles. The summed E-state index contributed by atoms with van der Waals surface area (Å²) in [5, 5.41) is 3.35. The number of nitrogens with zero attached hydrogens (tertiary/aromatic N) is 1. The largest absolute Gasteiger partial charge is 0.496 e. The Kier molecular flexibility index (Phi) is 4.61. The summed E-state index contributed by atoms with van der Waals surface area (Å²) in [6.07, 6.45) is 1.05. The molecule has 1 aromatic rings. The van der Waals surface area contributed by atoms with Gasteiger partial charge in [-0.1, -0.05) is 25.1 Å². The van der Waals surface area contributed by atoms with Gasteiger partial charge < -0.3 is 10.1 Å². The molecule has 0 radical (unpaired) electrons. The summed E-state index contributed by atoms with van der Waals surface area (Å²) in [5.41, 5.74) is 1.30. The van der Waals surface area contributed by atoms with Gasteiger partial charge in [0.25, 0.3) is 0 Å². The molecule has 1 aliphatic heterocycles. The molecule has 1 fully saturated rings. The molecule has 1 unspecified atom stereocenters. The highest BCUT2D eigenvalue weighted by molar-refractivity contribution is 5.33. The highest BCUT2D eigenvalue weighted by Gasteiger charge is 2.27. The maximum atomic E-state index is 5.43. The maximum Gasteiger partial charge on any atom is 0.122 e. The van der Waals surface area contributed by atoms with Gasteiger partial charge in [-0.2, -0.15) is 0 Å². The van der Waals surface area contributed by atoms with Crippen LogP contribution in [0.15, 0.2) is 24.3 Å². The lowest BCUT2D eigenvalue weighted by Crippen LogP contribution is -2.59. The van der Waals surface area contributed by atoms with Gasteiger partial charge in [0, 0.05) is 25.2 Å². The summed E-state index contributed by atoms with van der Waals surface area (Å²) in [7, 11) is 1.75. The van der Waals surface area contributed by atoms with Crippen LogP contribution in [0.4, 0.5) is 0 Å². The first kappa shape index (κ1) is 13.4. The number of para-hydroxylation sites is 1. The molecule has 2 rings (SSSR count). The standard InChI is InChI=1S/C15H24N2O/c1-4-17(14-10-16-11-14)12(2)9-13-7-5-6-8-15(13)18-3/h5-8,12,14,16H,4,9-11H2,1-3H3. The molecule has 1 N–H and O–H groups in total. The molecule has 0 spiro atoms. The fourth-order valence-electron chi connectivity index (χ4n) is 2.74. The second-order valence-corrected chi connectivity index (χ2v) is 5.01. The minimum atomic E-state index is 0.554. The molecule has 100 valence electrons. The van der Waals surface area contributed by atoms with Crippen molar-refractivity contribution in [1.29, 1.82) is 0 Å². The third kappa shape index (κ3) is 2.85. The summed E-state index contributed by atoms with van der Waals surface area (Å²) in [4.78, 5) is 2.59. The molecule has 3 heteroatoms. The summed E-state index contributed by atoms with van der Waals surface area (Å²) >= 11 is 0. The first-order chi connectivity index (χ1) is 8.76. The molecule has 0 saturated carbocycles. The molecule has 1 atom stereocenters. The highest BCUT2D eigenvalue weighted by Crippen LogP contribution is 2.21. The van der Waals surface area contributed by atoms with E-state index in [-0.39, 0.29) is 0 Å². The van der Waals surface area contributed by atoms with Crippen LogP contribution >= 0.6 is 0 Å². The van der Waals surface area contributed by atoms with Gasteiger partial charge in [0.1, 0.15) is 5.75 Å². The average molecular weight is 248 g/mol. The van der Waals surface area contributed by atoms with E-state index in [4.69, 9.17) is 4.74 Å². The van der Waals surface area contributed by atoms with Crippen LogP contribution in [0.5, 0.6) is 5.75 Å². The molecule has 1 aliphatic rings. The number of methoxy groups -OCH3 is 1. The number of nitrogens with one attached hydrogen (secondary N) is 1. The topological polar surface area (TPSA) is 24.5 Å². The van der Waals surface area contributed by atoms with Gasteiger partial charge in [-0.25, -0.2) is 0 Å². The summed E-state index contributed by atoms with van der Waals surface area (Å²) in [6, 6.07) is 9.59. The fraction of sp³-hybridized carbons (Fsp3) is 0.600. The van der Waals surface area contributed by atoms with E-state index in [1.165, 1.54) is 5.56 Å². The van der Waals surface area contributed by atoms with Gasteiger partial charge in [0.05, 0.1) is 7.11 Å². The number of hydrogen-bond donors (Lipinski definition) is 1. The van der Waals surface area contributed by atoms with Crippen LogP contribution in [0.1, 0.15) is 19.4 Å². The fourth-order valence-corrected chi connectivity index (χ4v) is 2.74. The van der Waals surface area contributed by atoms with Crippen LogP contribution in [0.2, 0.25) is 0 Å². The van der Waals surface area contributed by atoms with Crippen molar-refractivity contribution in [1.82, 2.24) is 10.2 Å². The number of benzene rings is 1. The highest BCUT2D eigenvalue weighted by atomic mass is 16.5. The smallest absolute Gasteiger partial charge is 0.122 e. The number of rotatable bonds is 6. The normalized spacial score (nSPS) is 17.6. The van der Waals surface area contributed by atoms with Crippen LogP contribution in [-0.4, -0.2) is 43.7 Å². The molecule has 1 aromatic carbocycles. The van der Waals surface area contributed by atoms with E-state index < -0.39 is 0 Å². The maximum absolute atomic E-state index is 5.43.